The van der Waals surface area contributed by atoms with Crippen molar-refractivity contribution in [2.75, 3.05) is 5.32 Å². The lowest BCUT2D eigenvalue weighted by molar-refractivity contribution is -0.389. The number of nitriles is 1. The first-order valence-corrected chi connectivity index (χ1v) is 6.44. The number of nitro groups is 1. The number of rotatable bonds is 5. The number of carbonyl (C=O) groups excluding carboxylic acids is 1. The summed E-state index contributed by atoms with van der Waals surface area (Å²) < 4.78 is 1.28. The zero-order valence-electron chi connectivity index (χ0n) is 11.8. The molecule has 0 spiro atoms. The van der Waals surface area contributed by atoms with Gasteiger partial charge in [-0.15, -0.1) is 0 Å². The fraction of sp³-hybridized carbons (Fsp3) is 0.214. The molecule has 1 aromatic heterocycles. The molecule has 0 fully saturated rings. The minimum absolute atomic E-state index is 0.111. The Morgan fingerprint density at radius 3 is 2.68 bits per heavy atom. The standard InChI is InChI=1S/C14H13N5O3/c1-10-8-13(19(21)22)17-18(10)9-14(20)16-12-4-2-11(3-5-12)6-7-15/h2-5,8H,6,9H2,1H3,(H,16,20). The van der Waals surface area contributed by atoms with Gasteiger partial charge in [-0.3, -0.25) is 4.79 Å². The third kappa shape index (κ3) is 3.67. The molecule has 0 bridgehead atoms. The van der Waals surface area contributed by atoms with E-state index in [2.05, 4.69) is 10.4 Å². The van der Waals surface area contributed by atoms with Crippen LogP contribution in [0.1, 0.15) is 11.3 Å². The second-order valence-corrected chi connectivity index (χ2v) is 4.64. The van der Waals surface area contributed by atoms with Crippen LogP contribution in [0.3, 0.4) is 0 Å². The average Bonchev–Trinajstić information content (AvgIpc) is 2.83. The lowest BCUT2D eigenvalue weighted by Gasteiger charge is -2.05. The van der Waals surface area contributed by atoms with Gasteiger partial charge in [0, 0.05) is 5.69 Å². The van der Waals surface area contributed by atoms with Crippen molar-refractivity contribution in [2.45, 2.75) is 19.9 Å². The van der Waals surface area contributed by atoms with Gasteiger partial charge in [-0.25, -0.2) is 0 Å². The van der Waals surface area contributed by atoms with Gasteiger partial charge in [0.25, 0.3) is 0 Å². The van der Waals surface area contributed by atoms with Gasteiger partial charge in [-0.1, -0.05) is 12.1 Å². The first kappa shape index (κ1) is 15.2. The molecule has 0 aliphatic rings. The Balaban J connectivity index is 2.01. The maximum atomic E-state index is 11.9. The maximum absolute atomic E-state index is 11.9. The van der Waals surface area contributed by atoms with Gasteiger partial charge < -0.3 is 15.4 Å². The van der Waals surface area contributed by atoms with Crippen molar-refractivity contribution in [3.8, 4) is 6.07 Å². The zero-order valence-corrected chi connectivity index (χ0v) is 11.8. The van der Waals surface area contributed by atoms with Crippen molar-refractivity contribution in [1.82, 2.24) is 9.78 Å². The van der Waals surface area contributed by atoms with Gasteiger partial charge >= 0.3 is 5.82 Å². The van der Waals surface area contributed by atoms with Crippen LogP contribution in [0, 0.1) is 28.4 Å². The number of aromatic nitrogens is 2. The van der Waals surface area contributed by atoms with Crippen LogP contribution in [0.2, 0.25) is 0 Å². The molecule has 0 saturated heterocycles. The largest absolute Gasteiger partial charge is 0.390 e. The van der Waals surface area contributed by atoms with Crippen LogP contribution in [0.25, 0.3) is 0 Å². The number of carbonyl (C=O) groups is 1. The van der Waals surface area contributed by atoms with Crippen molar-refractivity contribution < 1.29 is 9.72 Å². The molecule has 0 aliphatic carbocycles. The van der Waals surface area contributed by atoms with Crippen molar-refractivity contribution in [2.24, 2.45) is 0 Å². The molecule has 2 rings (SSSR count). The van der Waals surface area contributed by atoms with Crippen molar-refractivity contribution in [1.29, 1.82) is 5.26 Å². The zero-order chi connectivity index (χ0) is 16.1. The number of hydrogen-bond acceptors (Lipinski definition) is 5. The Hall–Kier alpha value is -3.21. The monoisotopic (exact) mass is 299 g/mol. The fourth-order valence-corrected chi connectivity index (χ4v) is 1.88. The normalized spacial score (nSPS) is 10.0. The lowest BCUT2D eigenvalue weighted by atomic mass is 10.1. The van der Waals surface area contributed by atoms with E-state index in [0.717, 1.165) is 5.56 Å². The predicted octanol–water partition coefficient (Wildman–Crippen LogP) is 1.80. The number of hydrogen-bond donors (Lipinski definition) is 1. The van der Waals surface area contributed by atoms with E-state index in [-0.39, 0.29) is 18.3 Å². The van der Waals surface area contributed by atoms with Gasteiger partial charge in [0.1, 0.15) is 6.54 Å². The molecule has 22 heavy (non-hydrogen) atoms. The van der Waals surface area contributed by atoms with E-state index in [0.29, 0.717) is 17.8 Å². The van der Waals surface area contributed by atoms with E-state index >= 15 is 0 Å². The van der Waals surface area contributed by atoms with Gasteiger partial charge in [0.15, 0.2) is 0 Å². The van der Waals surface area contributed by atoms with Crippen molar-refractivity contribution in [3.63, 3.8) is 0 Å². The highest BCUT2D eigenvalue weighted by atomic mass is 16.6. The van der Waals surface area contributed by atoms with Crippen LogP contribution in [0.5, 0.6) is 0 Å². The number of aryl methyl sites for hydroxylation is 1. The minimum Gasteiger partial charge on any atom is -0.358 e. The fourth-order valence-electron chi connectivity index (χ4n) is 1.88. The summed E-state index contributed by atoms with van der Waals surface area (Å²) in [6.07, 6.45) is 0.310. The number of nitrogens with zero attached hydrogens (tertiary/aromatic N) is 4. The molecule has 1 heterocycles. The molecule has 112 valence electrons. The van der Waals surface area contributed by atoms with Crippen molar-refractivity contribution >= 4 is 17.4 Å². The molecule has 2 aromatic rings. The molecule has 0 saturated carbocycles. The number of anilines is 1. The van der Waals surface area contributed by atoms with E-state index < -0.39 is 4.92 Å². The van der Waals surface area contributed by atoms with Gasteiger partial charge in [-0.2, -0.15) is 9.94 Å². The summed E-state index contributed by atoms with van der Waals surface area (Å²) in [7, 11) is 0. The highest BCUT2D eigenvalue weighted by Crippen LogP contribution is 2.12. The van der Waals surface area contributed by atoms with Crippen LogP contribution < -0.4 is 5.32 Å². The summed E-state index contributed by atoms with van der Waals surface area (Å²) in [5.74, 6) is -0.625. The van der Waals surface area contributed by atoms with Crippen molar-refractivity contribution in [3.05, 3.63) is 51.7 Å². The Labute approximate surface area is 126 Å². The molecular weight excluding hydrogens is 286 g/mol. The van der Waals surface area contributed by atoms with E-state index in [1.165, 1.54) is 10.7 Å². The second kappa shape index (κ2) is 6.49. The molecule has 8 nitrogen and oxygen atoms in total. The summed E-state index contributed by atoms with van der Waals surface area (Å²) in [4.78, 5) is 22.0. The first-order chi connectivity index (χ1) is 10.5. The molecule has 1 aromatic carbocycles. The van der Waals surface area contributed by atoms with Crippen LogP contribution in [-0.4, -0.2) is 20.6 Å². The maximum Gasteiger partial charge on any atom is 0.390 e. The van der Waals surface area contributed by atoms with Gasteiger partial charge in [0.2, 0.25) is 5.91 Å². The SMILES string of the molecule is Cc1cc([N+](=O)[O-])nn1CC(=O)Nc1ccc(CC#N)cc1. The third-order valence-corrected chi connectivity index (χ3v) is 2.97. The first-order valence-electron chi connectivity index (χ1n) is 6.44. The van der Waals surface area contributed by atoms with E-state index in [1.54, 1.807) is 31.2 Å². The molecule has 0 aliphatic heterocycles. The number of benzene rings is 1. The summed E-state index contributed by atoms with van der Waals surface area (Å²) in [6.45, 7) is 1.53. The van der Waals surface area contributed by atoms with Crippen LogP contribution in [0.4, 0.5) is 11.5 Å². The van der Waals surface area contributed by atoms with Crippen LogP contribution in [-0.2, 0) is 17.8 Å². The average molecular weight is 299 g/mol. The topological polar surface area (TPSA) is 114 Å². The van der Waals surface area contributed by atoms with E-state index in [1.807, 2.05) is 6.07 Å². The summed E-state index contributed by atoms with van der Waals surface area (Å²) in [6, 6.07) is 10.3. The molecule has 0 radical (unpaired) electrons. The molecule has 1 N–H and O–H groups in total. The van der Waals surface area contributed by atoms with Gasteiger partial charge in [-0.05, 0) is 29.5 Å². The molecule has 0 atom stereocenters. The Morgan fingerprint density at radius 2 is 2.14 bits per heavy atom. The minimum atomic E-state index is -0.602. The predicted molar refractivity (Wildman–Crippen MR) is 78.0 cm³/mol. The number of nitrogens with one attached hydrogen (secondary N) is 1. The molecular formula is C14H13N5O3. The summed E-state index contributed by atoms with van der Waals surface area (Å²) in [5.41, 5.74) is 1.98. The van der Waals surface area contributed by atoms with Gasteiger partial charge in [0.05, 0.1) is 29.3 Å². The molecule has 1 amide bonds. The Kier molecular flexibility index (Phi) is 4.48. The number of amides is 1. The smallest absolute Gasteiger partial charge is 0.358 e. The Bertz CT molecular complexity index is 743. The van der Waals surface area contributed by atoms with E-state index in [9.17, 15) is 14.9 Å². The molecule has 0 unspecified atom stereocenters. The third-order valence-electron chi connectivity index (χ3n) is 2.97. The summed E-state index contributed by atoms with van der Waals surface area (Å²) >= 11 is 0. The Morgan fingerprint density at radius 1 is 1.45 bits per heavy atom. The second-order valence-electron chi connectivity index (χ2n) is 4.64. The molecule has 8 heteroatoms. The van der Waals surface area contributed by atoms with Crippen LogP contribution >= 0.6 is 0 Å². The quantitative estimate of drug-likeness (QED) is 0.668. The van der Waals surface area contributed by atoms with E-state index in [4.69, 9.17) is 5.26 Å². The summed E-state index contributed by atoms with van der Waals surface area (Å²) in [5, 5.41) is 25.6. The van der Waals surface area contributed by atoms with Crippen LogP contribution in [0.15, 0.2) is 30.3 Å². The highest BCUT2D eigenvalue weighted by molar-refractivity contribution is 5.90. The highest BCUT2D eigenvalue weighted by Gasteiger charge is 2.17. The lowest BCUT2D eigenvalue weighted by Crippen LogP contribution is -2.20.